The Balaban J connectivity index is 2.27. The normalized spacial score (nSPS) is 12.3. The Morgan fingerprint density at radius 2 is 1.38 bits per heavy atom. The number of nitrogens with one attached hydrogen (secondary N) is 1. The Morgan fingerprint density at radius 1 is 0.846 bits per heavy atom. The molecule has 0 aromatic heterocycles. The fraction of sp³-hybridized carbons (Fsp3) is 0.250. The van der Waals surface area contributed by atoms with Crippen molar-refractivity contribution in [3.63, 3.8) is 0 Å². The summed E-state index contributed by atoms with van der Waals surface area (Å²) in [6.07, 6.45) is 0. The number of hydrogen-bond acceptors (Lipinski definition) is 4. The molecular formula is C16H18Cl2N2O4S2. The van der Waals surface area contributed by atoms with Crippen molar-refractivity contribution in [3.05, 3.63) is 52.5 Å². The molecular weight excluding hydrogens is 419 g/mol. The number of hydrogen-bond donors (Lipinski definition) is 1. The fourth-order valence-corrected chi connectivity index (χ4v) is 5.17. The highest BCUT2D eigenvalue weighted by molar-refractivity contribution is 7.92. The van der Waals surface area contributed by atoms with Crippen LogP contribution in [0.1, 0.15) is 13.8 Å². The van der Waals surface area contributed by atoms with Gasteiger partial charge in [-0.1, -0.05) is 37.0 Å². The molecule has 0 saturated carbocycles. The lowest BCUT2D eigenvalue weighted by molar-refractivity contribution is 0.445. The van der Waals surface area contributed by atoms with Crippen molar-refractivity contribution in [2.24, 2.45) is 0 Å². The van der Waals surface area contributed by atoms with Gasteiger partial charge in [0.15, 0.2) is 0 Å². The van der Waals surface area contributed by atoms with Crippen LogP contribution in [-0.2, 0) is 20.0 Å². The summed E-state index contributed by atoms with van der Waals surface area (Å²) < 4.78 is 53.4. The molecule has 0 bridgehead atoms. The third kappa shape index (κ3) is 4.50. The lowest BCUT2D eigenvalue weighted by Gasteiger charge is -2.18. The molecule has 0 spiro atoms. The zero-order chi connectivity index (χ0) is 19.5. The van der Waals surface area contributed by atoms with Gasteiger partial charge in [0, 0.05) is 18.8 Å². The third-order valence-electron chi connectivity index (χ3n) is 3.65. The summed E-state index contributed by atoms with van der Waals surface area (Å²) in [7, 11) is -7.48. The summed E-state index contributed by atoms with van der Waals surface area (Å²) in [5.41, 5.74) is 0.231. The number of sulfonamides is 2. The van der Waals surface area contributed by atoms with Crippen molar-refractivity contribution in [1.29, 1.82) is 0 Å². The summed E-state index contributed by atoms with van der Waals surface area (Å²) in [5.74, 6) is 0. The van der Waals surface area contributed by atoms with Crippen LogP contribution in [0.2, 0.25) is 10.0 Å². The second-order valence-corrected chi connectivity index (χ2v) is 9.73. The van der Waals surface area contributed by atoms with Crippen LogP contribution in [0.25, 0.3) is 0 Å². The van der Waals surface area contributed by atoms with Crippen LogP contribution < -0.4 is 4.72 Å². The Hall–Kier alpha value is -1.32. The predicted molar refractivity (Wildman–Crippen MR) is 104 cm³/mol. The first-order valence-electron chi connectivity index (χ1n) is 7.70. The first-order valence-corrected chi connectivity index (χ1v) is 11.4. The summed E-state index contributed by atoms with van der Waals surface area (Å²) in [4.78, 5) is 0.0467. The molecule has 2 aromatic rings. The highest BCUT2D eigenvalue weighted by Crippen LogP contribution is 2.26. The van der Waals surface area contributed by atoms with Crippen molar-refractivity contribution >= 4 is 48.9 Å². The predicted octanol–water partition coefficient (Wildman–Crippen LogP) is 3.82. The molecule has 0 aliphatic heterocycles. The largest absolute Gasteiger partial charge is 0.280 e. The number of halogens is 2. The van der Waals surface area contributed by atoms with Crippen LogP contribution in [0.5, 0.6) is 0 Å². The monoisotopic (exact) mass is 436 g/mol. The molecule has 0 heterocycles. The van der Waals surface area contributed by atoms with Gasteiger partial charge in [-0.05, 0) is 42.5 Å². The van der Waals surface area contributed by atoms with Crippen molar-refractivity contribution in [3.8, 4) is 0 Å². The van der Waals surface area contributed by atoms with Gasteiger partial charge in [0.2, 0.25) is 10.0 Å². The van der Waals surface area contributed by atoms with Gasteiger partial charge in [-0.25, -0.2) is 16.8 Å². The van der Waals surface area contributed by atoms with Crippen LogP contribution in [0, 0.1) is 0 Å². The molecule has 0 fully saturated rings. The molecule has 0 saturated heterocycles. The van der Waals surface area contributed by atoms with Gasteiger partial charge < -0.3 is 0 Å². The maximum absolute atomic E-state index is 12.4. The minimum atomic E-state index is -3.88. The Labute approximate surface area is 163 Å². The van der Waals surface area contributed by atoms with E-state index in [0.29, 0.717) is 13.1 Å². The zero-order valence-electron chi connectivity index (χ0n) is 14.1. The molecule has 6 nitrogen and oxygen atoms in total. The molecule has 26 heavy (non-hydrogen) atoms. The van der Waals surface area contributed by atoms with E-state index in [1.807, 2.05) is 0 Å². The Morgan fingerprint density at radius 3 is 1.88 bits per heavy atom. The van der Waals surface area contributed by atoms with Crippen molar-refractivity contribution in [2.45, 2.75) is 23.6 Å². The van der Waals surface area contributed by atoms with Gasteiger partial charge in [0.1, 0.15) is 0 Å². The summed E-state index contributed by atoms with van der Waals surface area (Å²) in [6, 6.07) is 9.47. The van der Waals surface area contributed by atoms with E-state index >= 15 is 0 Å². The average Bonchev–Trinajstić information content (AvgIpc) is 2.58. The molecule has 0 radical (unpaired) electrons. The van der Waals surface area contributed by atoms with Gasteiger partial charge >= 0.3 is 0 Å². The van der Waals surface area contributed by atoms with Crippen molar-refractivity contribution in [1.82, 2.24) is 4.31 Å². The van der Waals surface area contributed by atoms with E-state index in [-0.39, 0.29) is 25.5 Å². The minimum absolute atomic E-state index is 0.0493. The Bertz CT molecular complexity index is 987. The average molecular weight is 437 g/mol. The number of rotatable bonds is 7. The molecule has 0 atom stereocenters. The second-order valence-electron chi connectivity index (χ2n) is 5.30. The molecule has 142 valence electrons. The van der Waals surface area contributed by atoms with Crippen LogP contribution in [0.15, 0.2) is 52.3 Å². The van der Waals surface area contributed by atoms with Gasteiger partial charge in [-0.15, -0.1) is 0 Å². The van der Waals surface area contributed by atoms with Crippen LogP contribution in [0.3, 0.4) is 0 Å². The number of anilines is 1. The maximum atomic E-state index is 12.4. The summed E-state index contributed by atoms with van der Waals surface area (Å²) >= 11 is 11.6. The standard InChI is InChI=1S/C16H18Cl2N2O4S2/c1-3-20(4-2)26(23,24)13-7-5-12(6-8-13)19-25(21,22)14-9-10-15(17)16(18)11-14/h5-11,19H,3-4H2,1-2H3. The van der Waals surface area contributed by atoms with E-state index in [1.165, 1.54) is 46.8 Å². The molecule has 0 aliphatic carbocycles. The van der Waals surface area contributed by atoms with E-state index in [1.54, 1.807) is 13.8 Å². The summed E-state index contributed by atoms with van der Waals surface area (Å²) in [6.45, 7) is 4.21. The van der Waals surface area contributed by atoms with E-state index < -0.39 is 20.0 Å². The second kappa shape index (κ2) is 8.14. The van der Waals surface area contributed by atoms with Gasteiger partial charge in [-0.2, -0.15) is 4.31 Å². The lowest BCUT2D eigenvalue weighted by atomic mass is 10.3. The maximum Gasteiger partial charge on any atom is 0.261 e. The van der Waals surface area contributed by atoms with Crippen molar-refractivity contribution < 1.29 is 16.8 Å². The molecule has 10 heteroatoms. The highest BCUT2D eigenvalue weighted by atomic mass is 35.5. The topological polar surface area (TPSA) is 83.6 Å². The molecule has 0 unspecified atom stereocenters. The number of benzene rings is 2. The first kappa shape index (κ1) is 21.0. The third-order valence-corrected chi connectivity index (χ3v) is 7.83. The van der Waals surface area contributed by atoms with Crippen molar-refractivity contribution in [2.75, 3.05) is 17.8 Å². The van der Waals surface area contributed by atoms with Crippen LogP contribution in [-0.4, -0.2) is 34.2 Å². The van der Waals surface area contributed by atoms with E-state index in [9.17, 15) is 16.8 Å². The van der Waals surface area contributed by atoms with Gasteiger partial charge in [0.25, 0.3) is 10.0 Å². The SMILES string of the molecule is CCN(CC)S(=O)(=O)c1ccc(NS(=O)(=O)c2ccc(Cl)c(Cl)c2)cc1. The van der Waals surface area contributed by atoms with E-state index in [4.69, 9.17) is 23.2 Å². The molecule has 0 amide bonds. The zero-order valence-corrected chi connectivity index (χ0v) is 17.3. The molecule has 2 aromatic carbocycles. The van der Waals surface area contributed by atoms with Crippen LogP contribution in [0.4, 0.5) is 5.69 Å². The van der Waals surface area contributed by atoms with Crippen LogP contribution >= 0.6 is 23.2 Å². The minimum Gasteiger partial charge on any atom is -0.280 e. The lowest BCUT2D eigenvalue weighted by Crippen LogP contribution is -2.30. The Kier molecular flexibility index (Phi) is 6.57. The quantitative estimate of drug-likeness (QED) is 0.714. The smallest absolute Gasteiger partial charge is 0.261 e. The van der Waals surface area contributed by atoms with E-state index in [2.05, 4.69) is 4.72 Å². The highest BCUT2D eigenvalue weighted by Gasteiger charge is 2.22. The first-order chi connectivity index (χ1) is 12.1. The molecule has 2 rings (SSSR count). The fourth-order valence-electron chi connectivity index (χ4n) is 2.27. The number of nitrogens with zero attached hydrogens (tertiary/aromatic N) is 1. The van der Waals surface area contributed by atoms with E-state index in [0.717, 1.165) is 0 Å². The van der Waals surface area contributed by atoms with Gasteiger partial charge in [0.05, 0.1) is 19.8 Å². The molecule has 0 aliphatic rings. The summed E-state index contributed by atoms with van der Waals surface area (Å²) in [5, 5.41) is 0.367. The van der Waals surface area contributed by atoms with Gasteiger partial charge in [-0.3, -0.25) is 4.72 Å². The molecule has 1 N–H and O–H groups in total.